The Balaban J connectivity index is 1.98. The maximum absolute atomic E-state index is 12.4. The first-order chi connectivity index (χ1) is 12.8. The van der Waals surface area contributed by atoms with Crippen molar-refractivity contribution in [2.45, 2.75) is 18.7 Å². The second-order valence-electron chi connectivity index (χ2n) is 5.67. The third-order valence-electron chi connectivity index (χ3n) is 3.80. The molecule has 0 fully saturated rings. The molecule has 9 heteroatoms. The molecule has 2 aromatic rings. The van der Waals surface area contributed by atoms with E-state index in [1.165, 1.54) is 16.4 Å². The highest BCUT2D eigenvalue weighted by molar-refractivity contribution is 7.89. The van der Waals surface area contributed by atoms with Crippen molar-refractivity contribution in [3.63, 3.8) is 0 Å². The van der Waals surface area contributed by atoms with Crippen molar-refractivity contribution in [2.75, 3.05) is 30.3 Å². The van der Waals surface area contributed by atoms with Gasteiger partial charge in [-0.05, 0) is 42.5 Å². The molecule has 0 aliphatic rings. The van der Waals surface area contributed by atoms with Gasteiger partial charge in [-0.1, -0.05) is 37.0 Å². The fourth-order valence-corrected chi connectivity index (χ4v) is 4.45. The molecule has 0 aliphatic heterocycles. The SMILES string of the molecule is CCN(CC)S(=O)(=O)c1ccc(NC(=O)CNc2cc(Cl)cc(Cl)c2)cc1. The zero-order valence-corrected chi connectivity index (χ0v) is 17.3. The molecule has 2 aromatic carbocycles. The van der Waals surface area contributed by atoms with Crippen LogP contribution < -0.4 is 10.6 Å². The summed E-state index contributed by atoms with van der Waals surface area (Å²) in [6.45, 7) is 4.38. The first-order valence-electron chi connectivity index (χ1n) is 8.36. The summed E-state index contributed by atoms with van der Waals surface area (Å²) in [5.41, 5.74) is 1.13. The summed E-state index contributed by atoms with van der Waals surface area (Å²) in [6.07, 6.45) is 0. The topological polar surface area (TPSA) is 78.5 Å². The first kappa shape index (κ1) is 21.5. The fraction of sp³-hybridized carbons (Fsp3) is 0.278. The van der Waals surface area contributed by atoms with Gasteiger partial charge in [0.15, 0.2) is 0 Å². The molecule has 0 bridgehead atoms. The van der Waals surface area contributed by atoms with E-state index >= 15 is 0 Å². The molecular formula is C18H21Cl2N3O3S. The summed E-state index contributed by atoms with van der Waals surface area (Å²) in [5, 5.41) is 6.57. The van der Waals surface area contributed by atoms with Gasteiger partial charge in [0.05, 0.1) is 11.4 Å². The van der Waals surface area contributed by atoms with Crippen molar-refractivity contribution in [3.05, 3.63) is 52.5 Å². The summed E-state index contributed by atoms with van der Waals surface area (Å²) in [4.78, 5) is 12.3. The normalized spacial score (nSPS) is 11.4. The van der Waals surface area contributed by atoms with Crippen molar-refractivity contribution < 1.29 is 13.2 Å². The van der Waals surface area contributed by atoms with Crippen LogP contribution in [0.25, 0.3) is 0 Å². The Morgan fingerprint density at radius 1 is 0.963 bits per heavy atom. The van der Waals surface area contributed by atoms with Gasteiger partial charge in [-0.15, -0.1) is 0 Å². The smallest absolute Gasteiger partial charge is 0.243 e. The average molecular weight is 430 g/mol. The second-order valence-corrected chi connectivity index (χ2v) is 8.48. The zero-order chi connectivity index (χ0) is 20.0. The Labute approximate surface area is 169 Å². The molecule has 0 aromatic heterocycles. The number of rotatable bonds is 8. The van der Waals surface area contributed by atoms with Crippen LogP contribution >= 0.6 is 23.2 Å². The summed E-state index contributed by atoms with van der Waals surface area (Å²) < 4.78 is 26.3. The lowest BCUT2D eigenvalue weighted by atomic mass is 10.3. The lowest BCUT2D eigenvalue weighted by Crippen LogP contribution is -2.30. The summed E-state index contributed by atoms with van der Waals surface area (Å²) in [7, 11) is -3.52. The van der Waals surface area contributed by atoms with Gasteiger partial charge in [0.25, 0.3) is 0 Å². The Bertz CT molecular complexity index is 878. The maximum atomic E-state index is 12.4. The van der Waals surface area contributed by atoms with Crippen LogP contribution in [0.3, 0.4) is 0 Å². The van der Waals surface area contributed by atoms with Gasteiger partial charge >= 0.3 is 0 Å². The molecule has 146 valence electrons. The minimum atomic E-state index is -3.52. The number of amides is 1. The number of hydrogen-bond acceptors (Lipinski definition) is 4. The van der Waals surface area contributed by atoms with E-state index in [2.05, 4.69) is 10.6 Å². The summed E-state index contributed by atoms with van der Waals surface area (Å²) in [5.74, 6) is -0.287. The highest BCUT2D eigenvalue weighted by Crippen LogP contribution is 2.22. The molecule has 2 N–H and O–H groups in total. The minimum absolute atomic E-state index is 0.0101. The fourth-order valence-electron chi connectivity index (χ4n) is 2.47. The predicted octanol–water partition coefficient (Wildman–Crippen LogP) is 4.07. The van der Waals surface area contributed by atoms with Gasteiger partial charge in [0.1, 0.15) is 0 Å². The van der Waals surface area contributed by atoms with E-state index in [-0.39, 0.29) is 17.3 Å². The molecule has 2 rings (SSSR count). The highest BCUT2D eigenvalue weighted by Gasteiger charge is 2.21. The van der Waals surface area contributed by atoms with Gasteiger partial charge in [0, 0.05) is 34.5 Å². The molecule has 0 radical (unpaired) electrons. The molecule has 0 saturated carbocycles. The number of benzene rings is 2. The number of hydrogen-bond donors (Lipinski definition) is 2. The van der Waals surface area contributed by atoms with Crippen molar-refractivity contribution >= 4 is 50.5 Å². The lowest BCUT2D eigenvalue weighted by Gasteiger charge is -2.18. The monoisotopic (exact) mass is 429 g/mol. The lowest BCUT2D eigenvalue weighted by molar-refractivity contribution is -0.114. The van der Waals surface area contributed by atoms with E-state index in [9.17, 15) is 13.2 Å². The largest absolute Gasteiger partial charge is 0.376 e. The van der Waals surface area contributed by atoms with Crippen LogP contribution in [0.4, 0.5) is 11.4 Å². The number of anilines is 2. The molecule has 27 heavy (non-hydrogen) atoms. The molecule has 6 nitrogen and oxygen atoms in total. The standard InChI is InChI=1S/C18H21Cl2N3O3S/c1-3-23(4-2)27(25,26)17-7-5-15(6-8-17)22-18(24)12-21-16-10-13(19)9-14(20)11-16/h5-11,21H,3-4,12H2,1-2H3,(H,22,24). The number of carbonyl (C=O) groups is 1. The molecule has 0 heterocycles. The predicted molar refractivity (Wildman–Crippen MR) is 110 cm³/mol. The number of nitrogens with one attached hydrogen (secondary N) is 2. The Hall–Kier alpha value is -1.80. The summed E-state index contributed by atoms with van der Waals surface area (Å²) >= 11 is 11.8. The van der Waals surface area contributed by atoms with Crippen molar-refractivity contribution in [1.82, 2.24) is 4.31 Å². The number of carbonyl (C=O) groups excluding carboxylic acids is 1. The van der Waals surface area contributed by atoms with E-state index in [1.807, 2.05) is 0 Å². The number of nitrogens with zero attached hydrogens (tertiary/aromatic N) is 1. The van der Waals surface area contributed by atoms with E-state index in [4.69, 9.17) is 23.2 Å². The van der Waals surface area contributed by atoms with Gasteiger partial charge in [-0.25, -0.2) is 8.42 Å². The Kier molecular flexibility index (Phi) is 7.49. The third kappa shape index (κ3) is 5.84. The van der Waals surface area contributed by atoms with E-state index < -0.39 is 10.0 Å². The maximum Gasteiger partial charge on any atom is 0.243 e. The number of halogens is 2. The van der Waals surface area contributed by atoms with Crippen LogP contribution in [-0.4, -0.2) is 38.3 Å². The van der Waals surface area contributed by atoms with Crippen LogP contribution in [-0.2, 0) is 14.8 Å². The van der Waals surface area contributed by atoms with Crippen LogP contribution in [0, 0.1) is 0 Å². The van der Waals surface area contributed by atoms with Gasteiger partial charge in [0.2, 0.25) is 15.9 Å². The highest BCUT2D eigenvalue weighted by atomic mass is 35.5. The zero-order valence-electron chi connectivity index (χ0n) is 15.0. The quantitative estimate of drug-likeness (QED) is 0.662. The third-order valence-corrected chi connectivity index (χ3v) is 6.30. The van der Waals surface area contributed by atoms with Gasteiger partial charge < -0.3 is 10.6 Å². The van der Waals surface area contributed by atoms with Crippen molar-refractivity contribution in [1.29, 1.82) is 0 Å². The van der Waals surface area contributed by atoms with Gasteiger partial charge in [-0.2, -0.15) is 4.31 Å². The van der Waals surface area contributed by atoms with Gasteiger partial charge in [-0.3, -0.25) is 4.79 Å². The molecule has 0 unspecified atom stereocenters. The molecule has 0 spiro atoms. The Morgan fingerprint density at radius 3 is 2.04 bits per heavy atom. The van der Waals surface area contributed by atoms with Crippen LogP contribution in [0.5, 0.6) is 0 Å². The molecule has 0 saturated heterocycles. The van der Waals surface area contributed by atoms with E-state index in [1.54, 1.807) is 44.2 Å². The van der Waals surface area contributed by atoms with Crippen molar-refractivity contribution in [2.24, 2.45) is 0 Å². The second kappa shape index (κ2) is 9.41. The van der Waals surface area contributed by atoms with E-state index in [0.717, 1.165) is 0 Å². The van der Waals surface area contributed by atoms with Crippen molar-refractivity contribution in [3.8, 4) is 0 Å². The van der Waals surface area contributed by atoms with Crippen LogP contribution in [0.15, 0.2) is 47.4 Å². The van der Waals surface area contributed by atoms with Crippen LogP contribution in [0.1, 0.15) is 13.8 Å². The molecule has 0 atom stereocenters. The molecular weight excluding hydrogens is 409 g/mol. The minimum Gasteiger partial charge on any atom is -0.376 e. The first-order valence-corrected chi connectivity index (χ1v) is 10.6. The molecule has 1 amide bonds. The van der Waals surface area contributed by atoms with Crippen LogP contribution in [0.2, 0.25) is 10.0 Å². The number of sulfonamides is 1. The van der Waals surface area contributed by atoms with E-state index in [0.29, 0.717) is 34.5 Å². The average Bonchev–Trinajstić information content (AvgIpc) is 2.60. The molecule has 0 aliphatic carbocycles. The Morgan fingerprint density at radius 2 is 1.52 bits per heavy atom. The summed E-state index contributed by atoms with van der Waals surface area (Å²) in [6, 6.07) is 11.0.